The molecule has 1 aromatic rings. The van der Waals surface area contributed by atoms with Gasteiger partial charge < -0.3 is 21.9 Å². The number of hydrogen-bond donors (Lipinski definition) is 4. The number of benzene rings is 1. The SMILES string of the molecule is NCCNC(=O)c1cc(N)cc(C(=O)O)c1. The summed E-state index contributed by atoms with van der Waals surface area (Å²) in [4.78, 5) is 22.3. The van der Waals surface area contributed by atoms with Gasteiger partial charge >= 0.3 is 5.97 Å². The van der Waals surface area contributed by atoms with Crippen LogP contribution in [0.5, 0.6) is 0 Å². The monoisotopic (exact) mass is 223 g/mol. The van der Waals surface area contributed by atoms with Gasteiger partial charge in [0.2, 0.25) is 0 Å². The molecule has 0 aliphatic rings. The van der Waals surface area contributed by atoms with Crippen LogP contribution in [-0.4, -0.2) is 30.1 Å². The Morgan fingerprint density at radius 3 is 2.44 bits per heavy atom. The second-order valence-electron chi connectivity index (χ2n) is 3.19. The summed E-state index contributed by atoms with van der Waals surface area (Å²) in [5.74, 6) is -1.51. The highest BCUT2D eigenvalue weighted by Crippen LogP contribution is 2.12. The summed E-state index contributed by atoms with van der Waals surface area (Å²) in [5, 5.41) is 11.3. The maximum absolute atomic E-state index is 11.5. The molecule has 1 rings (SSSR count). The van der Waals surface area contributed by atoms with Crippen LogP contribution in [0.2, 0.25) is 0 Å². The predicted molar refractivity (Wildman–Crippen MR) is 59.2 cm³/mol. The van der Waals surface area contributed by atoms with Gasteiger partial charge in [-0.25, -0.2) is 4.79 Å². The number of nitrogen functional groups attached to an aromatic ring is 1. The van der Waals surface area contributed by atoms with Crippen molar-refractivity contribution in [2.24, 2.45) is 5.73 Å². The average Bonchev–Trinajstić information content (AvgIpc) is 2.24. The topological polar surface area (TPSA) is 118 Å². The first-order valence-corrected chi connectivity index (χ1v) is 4.66. The Morgan fingerprint density at radius 1 is 1.25 bits per heavy atom. The van der Waals surface area contributed by atoms with Crippen LogP contribution in [0.25, 0.3) is 0 Å². The number of nitrogens with two attached hydrogens (primary N) is 2. The Morgan fingerprint density at radius 2 is 1.88 bits per heavy atom. The first-order valence-electron chi connectivity index (χ1n) is 4.66. The summed E-state index contributed by atoms with van der Waals surface area (Å²) in [7, 11) is 0. The number of aromatic carboxylic acids is 1. The van der Waals surface area contributed by atoms with Crippen LogP contribution in [-0.2, 0) is 0 Å². The smallest absolute Gasteiger partial charge is 0.335 e. The average molecular weight is 223 g/mol. The largest absolute Gasteiger partial charge is 0.478 e. The second-order valence-corrected chi connectivity index (χ2v) is 3.19. The minimum Gasteiger partial charge on any atom is -0.478 e. The van der Waals surface area contributed by atoms with Crippen molar-refractivity contribution in [1.82, 2.24) is 5.32 Å². The maximum Gasteiger partial charge on any atom is 0.335 e. The molecule has 6 N–H and O–H groups in total. The van der Waals surface area contributed by atoms with Crippen molar-refractivity contribution in [3.8, 4) is 0 Å². The van der Waals surface area contributed by atoms with E-state index in [1.807, 2.05) is 0 Å². The molecule has 0 aliphatic carbocycles. The molecule has 0 spiro atoms. The number of amides is 1. The molecule has 1 amide bonds. The van der Waals surface area contributed by atoms with Crippen molar-refractivity contribution in [2.75, 3.05) is 18.8 Å². The lowest BCUT2D eigenvalue weighted by atomic mass is 10.1. The van der Waals surface area contributed by atoms with Crippen LogP contribution in [0.15, 0.2) is 18.2 Å². The van der Waals surface area contributed by atoms with Crippen LogP contribution in [0.1, 0.15) is 20.7 Å². The predicted octanol–water partition coefficient (Wildman–Crippen LogP) is -0.344. The number of carbonyl (C=O) groups excluding carboxylic acids is 1. The molecular formula is C10H13N3O3. The summed E-state index contributed by atoms with van der Waals surface area (Å²) in [6.07, 6.45) is 0. The Bertz CT molecular complexity index is 418. The van der Waals surface area contributed by atoms with E-state index in [9.17, 15) is 9.59 Å². The van der Waals surface area contributed by atoms with E-state index in [2.05, 4.69) is 5.32 Å². The molecule has 0 unspecified atom stereocenters. The van der Waals surface area contributed by atoms with Crippen LogP contribution in [0, 0.1) is 0 Å². The van der Waals surface area contributed by atoms with Gasteiger partial charge in [0.05, 0.1) is 5.56 Å². The number of carbonyl (C=O) groups is 2. The lowest BCUT2D eigenvalue weighted by Gasteiger charge is -2.05. The highest BCUT2D eigenvalue weighted by atomic mass is 16.4. The van der Waals surface area contributed by atoms with Gasteiger partial charge in [-0.2, -0.15) is 0 Å². The number of rotatable bonds is 4. The fraction of sp³-hybridized carbons (Fsp3) is 0.200. The second kappa shape index (κ2) is 5.13. The van der Waals surface area contributed by atoms with Gasteiger partial charge in [-0.05, 0) is 18.2 Å². The quantitative estimate of drug-likeness (QED) is 0.520. The molecule has 0 saturated carbocycles. The highest BCUT2D eigenvalue weighted by Gasteiger charge is 2.10. The van der Waals surface area contributed by atoms with Crippen LogP contribution >= 0.6 is 0 Å². The summed E-state index contributed by atoms with van der Waals surface area (Å²) < 4.78 is 0. The van der Waals surface area contributed by atoms with Crippen molar-refractivity contribution in [2.45, 2.75) is 0 Å². The lowest BCUT2D eigenvalue weighted by molar-refractivity contribution is 0.0697. The van der Waals surface area contributed by atoms with E-state index in [0.29, 0.717) is 13.1 Å². The van der Waals surface area contributed by atoms with Crippen molar-refractivity contribution in [3.05, 3.63) is 29.3 Å². The van der Waals surface area contributed by atoms with Crippen LogP contribution < -0.4 is 16.8 Å². The van der Waals surface area contributed by atoms with Gasteiger partial charge in [0.15, 0.2) is 0 Å². The molecule has 0 aliphatic heterocycles. The Kier molecular flexibility index (Phi) is 3.84. The Labute approximate surface area is 92.2 Å². The molecule has 16 heavy (non-hydrogen) atoms. The summed E-state index contributed by atoms with van der Waals surface area (Å²) in [6, 6.07) is 3.98. The molecule has 0 aromatic heterocycles. The molecule has 6 heteroatoms. The molecule has 0 bridgehead atoms. The molecule has 1 aromatic carbocycles. The minimum absolute atomic E-state index is 0.0158. The van der Waals surface area contributed by atoms with Crippen LogP contribution in [0.4, 0.5) is 5.69 Å². The third-order valence-electron chi connectivity index (χ3n) is 1.89. The standard InChI is InChI=1S/C10H13N3O3/c11-1-2-13-9(14)6-3-7(10(15)16)5-8(12)4-6/h3-5H,1-2,11-12H2,(H,13,14)(H,15,16). The molecule has 86 valence electrons. The van der Waals surface area contributed by atoms with E-state index in [1.54, 1.807) is 0 Å². The van der Waals surface area contributed by atoms with Gasteiger partial charge in [0.25, 0.3) is 5.91 Å². The number of carboxylic acid groups (broad SMARTS) is 1. The summed E-state index contributed by atoms with van der Waals surface area (Å²) in [6.45, 7) is 0.649. The number of anilines is 1. The normalized spacial score (nSPS) is 9.81. The van der Waals surface area contributed by atoms with Gasteiger partial charge in [-0.3, -0.25) is 4.79 Å². The summed E-state index contributed by atoms with van der Waals surface area (Å²) >= 11 is 0. The first-order chi connectivity index (χ1) is 7.54. The van der Waals surface area contributed by atoms with Crippen molar-refractivity contribution < 1.29 is 14.7 Å². The number of hydrogen-bond acceptors (Lipinski definition) is 4. The molecule has 0 saturated heterocycles. The number of carboxylic acids is 1. The molecule has 0 heterocycles. The van der Waals surface area contributed by atoms with Crippen molar-refractivity contribution in [3.63, 3.8) is 0 Å². The fourth-order valence-electron chi connectivity index (χ4n) is 1.19. The fourth-order valence-corrected chi connectivity index (χ4v) is 1.19. The minimum atomic E-state index is -1.12. The zero-order valence-corrected chi connectivity index (χ0v) is 8.56. The molecular weight excluding hydrogens is 210 g/mol. The lowest BCUT2D eigenvalue weighted by Crippen LogP contribution is -2.29. The van der Waals surface area contributed by atoms with E-state index in [4.69, 9.17) is 16.6 Å². The van der Waals surface area contributed by atoms with Crippen molar-refractivity contribution in [1.29, 1.82) is 0 Å². The molecule has 0 atom stereocenters. The zero-order valence-electron chi connectivity index (χ0n) is 8.56. The van der Waals surface area contributed by atoms with Gasteiger partial charge in [-0.15, -0.1) is 0 Å². The van der Waals surface area contributed by atoms with Gasteiger partial charge in [0.1, 0.15) is 0 Å². The molecule has 6 nitrogen and oxygen atoms in total. The number of nitrogens with one attached hydrogen (secondary N) is 1. The van der Waals surface area contributed by atoms with Gasteiger partial charge in [-0.1, -0.05) is 0 Å². The van der Waals surface area contributed by atoms with E-state index in [0.717, 1.165) is 0 Å². The van der Waals surface area contributed by atoms with Crippen molar-refractivity contribution >= 4 is 17.6 Å². The van der Waals surface area contributed by atoms with E-state index in [-0.39, 0.29) is 22.7 Å². The van der Waals surface area contributed by atoms with E-state index < -0.39 is 5.97 Å². The third-order valence-corrected chi connectivity index (χ3v) is 1.89. The Hall–Kier alpha value is -2.08. The summed E-state index contributed by atoms with van der Waals surface area (Å²) in [5.41, 5.74) is 11.2. The maximum atomic E-state index is 11.5. The van der Waals surface area contributed by atoms with E-state index in [1.165, 1.54) is 18.2 Å². The third kappa shape index (κ3) is 2.96. The molecule has 0 radical (unpaired) electrons. The highest BCUT2D eigenvalue weighted by molar-refractivity contribution is 5.98. The van der Waals surface area contributed by atoms with Crippen LogP contribution in [0.3, 0.4) is 0 Å². The molecule has 0 fully saturated rings. The zero-order chi connectivity index (χ0) is 12.1. The Balaban J connectivity index is 2.95. The first kappa shape index (κ1) is 12.0. The van der Waals surface area contributed by atoms with Gasteiger partial charge in [0, 0.05) is 24.3 Å². The van der Waals surface area contributed by atoms with E-state index >= 15 is 0 Å².